The topological polar surface area (TPSA) is 92.8 Å². The Labute approximate surface area is 121 Å². The van der Waals surface area contributed by atoms with Crippen molar-refractivity contribution in [3.05, 3.63) is 63.7 Å². The van der Waals surface area contributed by atoms with E-state index in [2.05, 4.69) is 0 Å². The van der Waals surface area contributed by atoms with Gasteiger partial charge in [0.2, 0.25) is 0 Å². The van der Waals surface area contributed by atoms with Crippen molar-refractivity contribution >= 4 is 5.69 Å². The van der Waals surface area contributed by atoms with Gasteiger partial charge in [0.25, 0.3) is 5.69 Å². The zero-order chi connectivity index (χ0) is 15.4. The molecular formula is C15H15NO5. The standard InChI is InChI=1S/C15H15NO5/c1-10(17)14-8-12(16(19)20)4-7-15(14)21-9-11-2-5-13(18)6-3-11/h2-8,10,17-18H,9H2,1H3/t10-/m1/s1. The quantitative estimate of drug-likeness (QED) is 0.652. The lowest BCUT2D eigenvalue weighted by atomic mass is 10.1. The number of nitro benzene ring substituents is 1. The van der Waals surface area contributed by atoms with Crippen molar-refractivity contribution in [2.24, 2.45) is 0 Å². The highest BCUT2D eigenvalue weighted by Gasteiger charge is 2.15. The van der Waals surface area contributed by atoms with Crippen LogP contribution in [0.2, 0.25) is 0 Å². The fraction of sp³-hybridized carbons (Fsp3) is 0.200. The number of nitro groups is 1. The van der Waals surface area contributed by atoms with Gasteiger partial charge in [0.1, 0.15) is 18.1 Å². The summed E-state index contributed by atoms with van der Waals surface area (Å²) in [7, 11) is 0. The molecule has 0 aliphatic carbocycles. The molecule has 110 valence electrons. The molecule has 2 aromatic rings. The third kappa shape index (κ3) is 3.70. The van der Waals surface area contributed by atoms with E-state index in [1.54, 1.807) is 24.3 Å². The van der Waals surface area contributed by atoms with Crippen LogP contribution in [0.5, 0.6) is 11.5 Å². The maximum Gasteiger partial charge on any atom is 0.270 e. The van der Waals surface area contributed by atoms with Crippen LogP contribution in [0.1, 0.15) is 24.2 Å². The van der Waals surface area contributed by atoms with Crippen molar-refractivity contribution in [1.82, 2.24) is 0 Å². The minimum absolute atomic E-state index is 0.0946. The number of hydrogen-bond acceptors (Lipinski definition) is 5. The van der Waals surface area contributed by atoms with E-state index in [-0.39, 0.29) is 18.0 Å². The molecule has 6 heteroatoms. The summed E-state index contributed by atoms with van der Waals surface area (Å²) in [4.78, 5) is 10.2. The Morgan fingerprint density at radius 2 is 1.90 bits per heavy atom. The van der Waals surface area contributed by atoms with E-state index < -0.39 is 11.0 Å². The van der Waals surface area contributed by atoms with Crippen LogP contribution < -0.4 is 4.74 Å². The molecule has 0 bridgehead atoms. The van der Waals surface area contributed by atoms with Gasteiger partial charge in [-0.1, -0.05) is 12.1 Å². The minimum atomic E-state index is -0.875. The Bertz CT molecular complexity index is 637. The Morgan fingerprint density at radius 1 is 1.24 bits per heavy atom. The highest BCUT2D eigenvalue weighted by atomic mass is 16.6. The summed E-state index contributed by atoms with van der Waals surface area (Å²) < 4.78 is 5.59. The van der Waals surface area contributed by atoms with Gasteiger partial charge in [0.15, 0.2) is 0 Å². The molecule has 0 spiro atoms. The first-order valence-electron chi connectivity index (χ1n) is 6.34. The van der Waals surface area contributed by atoms with E-state index in [0.29, 0.717) is 11.3 Å². The average molecular weight is 289 g/mol. The van der Waals surface area contributed by atoms with E-state index in [9.17, 15) is 20.3 Å². The Balaban J connectivity index is 2.19. The predicted octanol–water partition coefficient (Wildman–Crippen LogP) is 2.93. The van der Waals surface area contributed by atoms with Gasteiger partial charge in [-0.05, 0) is 30.7 Å². The fourth-order valence-corrected chi connectivity index (χ4v) is 1.86. The Morgan fingerprint density at radius 3 is 2.48 bits per heavy atom. The van der Waals surface area contributed by atoms with Crippen molar-refractivity contribution in [3.8, 4) is 11.5 Å². The SMILES string of the molecule is C[C@@H](O)c1cc([N+](=O)[O-])ccc1OCc1ccc(O)cc1. The second-order valence-electron chi connectivity index (χ2n) is 4.61. The largest absolute Gasteiger partial charge is 0.508 e. The molecule has 0 aliphatic heterocycles. The summed E-state index contributed by atoms with van der Waals surface area (Å²) in [6.07, 6.45) is -0.875. The number of non-ortho nitro benzene ring substituents is 1. The summed E-state index contributed by atoms with van der Waals surface area (Å²) in [5.74, 6) is 0.558. The molecule has 0 saturated heterocycles. The number of aliphatic hydroxyl groups is 1. The van der Waals surface area contributed by atoms with Gasteiger partial charge < -0.3 is 14.9 Å². The Kier molecular flexibility index (Phi) is 4.39. The third-order valence-corrected chi connectivity index (χ3v) is 2.98. The van der Waals surface area contributed by atoms with Gasteiger partial charge in [0, 0.05) is 17.7 Å². The molecule has 1 atom stereocenters. The predicted molar refractivity (Wildman–Crippen MR) is 76.2 cm³/mol. The molecule has 0 amide bonds. The first-order valence-corrected chi connectivity index (χ1v) is 6.34. The van der Waals surface area contributed by atoms with Gasteiger partial charge in [-0.3, -0.25) is 10.1 Å². The number of phenols is 1. The van der Waals surface area contributed by atoms with Gasteiger partial charge in [-0.15, -0.1) is 0 Å². The van der Waals surface area contributed by atoms with Crippen molar-refractivity contribution in [1.29, 1.82) is 0 Å². The lowest BCUT2D eigenvalue weighted by molar-refractivity contribution is -0.385. The van der Waals surface area contributed by atoms with Crippen LogP contribution in [0.25, 0.3) is 0 Å². The number of nitrogens with zero attached hydrogens (tertiary/aromatic N) is 1. The number of aliphatic hydroxyl groups excluding tert-OH is 1. The van der Waals surface area contributed by atoms with E-state index in [0.717, 1.165) is 5.56 Å². The summed E-state index contributed by atoms with van der Waals surface area (Å²) in [5.41, 5.74) is 1.11. The number of ether oxygens (including phenoxy) is 1. The smallest absolute Gasteiger partial charge is 0.270 e. The van der Waals surface area contributed by atoms with Gasteiger partial charge >= 0.3 is 0 Å². The number of rotatable bonds is 5. The zero-order valence-electron chi connectivity index (χ0n) is 11.4. The molecule has 2 N–H and O–H groups in total. The molecule has 0 fully saturated rings. The van der Waals surface area contributed by atoms with Crippen LogP contribution in [0, 0.1) is 10.1 Å². The van der Waals surface area contributed by atoms with Crippen molar-refractivity contribution < 1.29 is 19.9 Å². The second-order valence-corrected chi connectivity index (χ2v) is 4.61. The van der Waals surface area contributed by atoms with Gasteiger partial charge in [-0.25, -0.2) is 0 Å². The number of hydrogen-bond donors (Lipinski definition) is 2. The maximum atomic E-state index is 10.8. The summed E-state index contributed by atoms with van der Waals surface area (Å²) in [5, 5.41) is 29.7. The molecule has 0 aliphatic rings. The van der Waals surface area contributed by atoms with Gasteiger partial charge in [0.05, 0.1) is 11.0 Å². The monoisotopic (exact) mass is 289 g/mol. The number of phenolic OH excluding ortho intramolecular Hbond substituents is 1. The highest BCUT2D eigenvalue weighted by Crippen LogP contribution is 2.30. The molecular weight excluding hydrogens is 274 g/mol. The summed E-state index contributed by atoms with van der Waals surface area (Å²) >= 11 is 0. The van der Waals surface area contributed by atoms with Crippen LogP contribution in [0.15, 0.2) is 42.5 Å². The number of aromatic hydroxyl groups is 1. The Hall–Kier alpha value is -2.60. The van der Waals surface area contributed by atoms with E-state index in [4.69, 9.17) is 4.74 Å². The lowest BCUT2D eigenvalue weighted by Crippen LogP contribution is -2.02. The summed E-state index contributed by atoms with van der Waals surface area (Å²) in [6, 6.07) is 10.6. The first kappa shape index (κ1) is 14.8. The molecule has 2 aromatic carbocycles. The molecule has 0 saturated carbocycles. The molecule has 21 heavy (non-hydrogen) atoms. The number of benzene rings is 2. The van der Waals surface area contributed by atoms with Crippen LogP contribution in [-0.2, 0) is 6.61 Å². The first-order chi connectivity index (χ1) is 9.97. The fourth-order valence-electron chi connectivity index (χ4n) is 1.86. The maximum absolute atomic E-state index is 10.8. The summed E-state index contributed by atoms with van der Waals surface area (Å²) in [6.45, 7) is 1.75. The van der Waals surface area contributed by atoms with Crippen molar-refractivity contribution in [3.63, 3.8) is 0 Å². The third-order valence-electron chi connectivity index (χ3n) is 2.98. The van der Waals surface area contributed by atoms with E-state index >= 15 is 0 Å². The van der Waals surface area contributed by atoms with E-state index in [1.807, 2.05) is 0 Å². The average Bonchev–Trinajstić information content (AvgIpc) is 2.46. The van der Waals surface area contributed by atoms with Crippen LogP contribution in [0.3, 0.4) is 0 Å². The molecule has 2 rings (SSSR count). The van der Waals surface area contributed by atoms with Gasteiger partial charge in [-0.2, -0.15) is 0 Å². The second kappa shape index (κ2) is 6.23. The van der Waals surface area contributed by atoms with Crippen LogP contribution in [-0.4, -0.2) is 15.1 Å². The molecule has 6 nitrogen and oxygen atoms in total. The molecule has 0 unspecified atom stereocenters. The van der Waals surface area contributed by atoms with Crippen LogP contribution >= 0.6 is 0 Å². The van der Waals surface area contributed by atoms with Crippen LogP contribution in [0.4, 0.5) is 5.69 Å². The highest BCUT2D eigenvalue weighted by molar-refractivity contribution is 5.45. The lowest BCUT2D eigenvalue weighted by Gasteiger charge is -2.13. The molecule has 0 aromatic heterocycles. The molecule has 0 heterocycles. The minimum Gasteiger partial charge on any atom is -0.508 e. The zero-order valence-corrected chi connectivity index (χ0v) is 11.4. The molecule has 0 radical (unpaired) electrons. The normalized spacial score (nSPS) is 11.9. The van der Waals surface area contributed by atoms with E-state index in [1.165, 1.54) is 25.1 Å². The van der Waals surface area contributed by atoms with Crippen molar-refractivity contribution in [2.45, 2.75) is 19.6 Å². The van der Waals surface area contributed by atoms with Crippen molar-refractivity contribution in [2.75, 3.05) is 0 Å².